The highest BCUT2D eigenvalue weighted by molar-refractivity contribution is 9.10. The van der Waals surface area contributed by atoms with E-state index in [1.54, 1.807) is 17.2 Å². The van der Waals surface area contributed by atoms with Gasteiger partial charge in [0.25, 0.3) is 5.91 Å². The van der Waals surface area contributed by atoms with Crippen LogP contribution >= 0.6 is 15.9 Å². The molecule has 0 saturated carbocycles. The van der Waals surface area contributed by atoms with Gasteiger partial charge < -0.3 is 5.32 Å². The molecule has 0 saturated heterocycles. The van der Waals surface area contributed by atoms with Gasteiger partial charge >= 0.3 is 0 Å². The minimum absolute atomic E-state index is 0.200. The number of halogens is 1. The Morgan fingerprint density at radius 2 is 2.04 bits per heavy atom. The van der Waals surface area contributed by atoms with Crippen molar-refractivity contribution in [3.63, 3.8) is 0 Å². The zero-order valence-corrected chi connectivity index (χ0v) is 15.6. The fourth-order valence-corrected chi connectivity index (χ4v) is 2.70. The second-order valence-electron chi connectivity index (χ2n) is 5.76. The standard InChI is InChI=1S/C19H20BrN3O/c1-5-19(3,4)23(15-10-8-7-9-11-15)18(24)16-12-14(20)13-22-17(16)21-6-2/h1,7-13H,6H2,2-4H3,(H,21,22). The highest BCUT2D eigenvalue weighted by Gasteiger charge is 2.32. The van der Waals surface area contributed by atoms with Crippen molar-refractivity contribution < 1.29 is 4.79 Å². The summed E-state index contributed by atoms with van der Waals surface area (Å²) in [7, 11) is 0. The summed E-state index contributed by atoms with van der Waals surface area (Å²) in [5.74, 6) is 3.05. The van der Waals surface area contributed by atoms with Crippen LogP contribution in [0, 0.1) is 12.3 Å². The molecule has 0 aliphatic heterocycles. The number of rotatable bonds is 5. The van der Waals surface area contributed by atoms with E-state index in [1.165, 1.54) is 0 Å². The Bertz CT molecular complexity index is 766. The average molecular weight is 386 g/mol. The molecular formula is C19H20BrN3O. The molecule has 0 fully saturated rings. The van der Waals surface area contributed by atoms with Gasteiger partial charge in [-0.15, -0.1) is 6.42 Å². The molecule has 0 aliphatic carbocycles. The molecule has 1 amide bonds. The number of anilines is 2. The molecule has 0 spiro atoms. The van der Waals surface area contributed by atoms with E-state index >= 15 is 0 Å². The third kappa shape index (κ3) is 3.77. The van der Waals surface area contributed by atoms with Crippen LogP contribution in [0.3, 0.4) is 0 Å². The van der Waals surface area contributed by atoms with E-state index in [9.17, 15) is 4.79 Å². The van der Waals surface area contributed by atoms with Crippen LogP contribution in [0.25, 0.3) is 0 Å². The first-order chi connectivity index (χ1) is 11.4. The molecule has 0 radical (unpaired) electrons. The molecule has 0 unspecified atom stereocenters. The lowest BCUT2D eigenvalue weighted by atomic mass is 10.0. The smallest absolute Gasteiger partial charge is 0.263 e. The van der Waals surface area contributed by atoms with Gasteiger partial charge in [0.1, 0.15) is 11.4 Å². The SMILES string of the molecule is C#CC(C)(C)N(C(=O)c1cc(Br)cnc1NCC)c1ccccc1. The van der Waals surface area contributed by atoms with Gasteiger partial charge in [-0.1, -0.05) is 24.1 Å². The van der Waals surface area contributed by atoms with E-state index in [0.29, 0.717) is 17.9 Å². The summed E-state index contributed by atoms with van der Waals surface area (Å²) in [6.07, 6.45) is 7.36. The van der Waals surface area contributed by atoms with Gasteiger partial charge in [-0.05, 0) is 54.9 Å². The first-order valence-corrected chi connectivity index (χ1v) is 8.46. The maximum Gasteiger partial charge on any atom is 0.263 e. The van der Waals surface area contributed by atoms with Crippen LogP contribution in [0.4, 0.5) is 11.5 Å². The molecule has 1 heterocycles. The van der Waals surface area contributed by atoms with Crippen molar-refractivity contribution in [1.82, 2.24) is 4.98 Å². The second-order valence-corrected chi connectivity index (χ2v) is 6.68. The van der Waals surface area contributed by atoms with E-state index in [-0.39, 0.29) is 5.91 Å². The Hall–Kier alpha value is -2.32. The minimum atomic E-state index is -0.787. The lowest BCUT2D eigenvalue weighted by molar-refractivity contribution is 0.0972. The first-order valence-electron chi connectivity index (χ1n) is 7.67. The first kappa shape index (κ1) is 18.0. The molecule has 1 aromatic carbocycles. The molecule has 24 heavy (non-hydrogen) atoms. The summed E-state index contributed by atoms with van der Waals surface area (Å²) >= 11 is 3.39. The summed E-state index contributed by atoms with van der Waals surface area (Å²) in [5, 5.41) is 3.13. The molecule has 1 aromatic heterocycles. The van der Waals surface area contributed by atoms with Crippen molar-refractivity contribution in [2.75, 3.05) is 16.8 Å². The van der Waals surface area contributed by atoms with Gasteiger partial charge in [-0.3, -0.25) is 9.69 Å². The lowest BCUT2D eigenvalue weighted by Crippen LogP contribution is -2.47. The monoisotopic (exact) mass is 385 g/mol. The van der Waals surface area contributed by atoms with Crippen LogP contribution in [0.15, 0.2) is 47.1 Å². The van der Waals surface area contributed by atoms with E-state index in [1.807, 2.05) is 51.1 Å². The number of aromatic nitrogens is 1. The Morgan fingerprint density at radius 1 is 1.38 bits per heavy atom. The number of nitrogens with zero attached hydrogens (tertiary/aromatic N) is 2. The minimum Gasteiger partial charge on any atom is -0.370 e. The van der Waals surface area contributed by atoms with Gasteiger partial charge in [0.15, 0.2) is 0 Å². The third-order valence-corrected chi connectivity index (χ3v) is 3.99. The number of benzene rings is 1. The normalized spacial score (nSPS) is 10.8. The summed E-state index contributed by atoms with van der Waals surface area (Å²) < 4.78 is 0.735. The van der Waals surface area contributed by atoms with Crippen molar-refractivity contribution in [3.05, 3.63) is 52.6 Å². The highest BCUT2D eigenvalue weighted by Crippen LogP contribution is 2.28. The fraction of sp³-hybridized carbons (Fsp3) is 0.263. The molecular weight excluding hydrogens is 366 g/mol. The van der Waals surface area contributed by atoms with E-state index in [4.69, 9.17) is 6.42 Å². The zero-order chi connectivity index (χ0) is 17.7. The van der Waals surface area contributed by atoms with E-state index in [0.717, 1.165) is 10.2 Å². The van der Waals surface area contributed by atoms with Crippen molar-refractivity contribution >= 4 is 33.3 Å². The van der Waals surface area contributed by atoms with E-state index < -0.39 is 5.54 Å². The maximum absolute atomic E-state index is 13.3. The van der Waals surface area contributed by atoms with E-state index in [2.05, 4.69) is 32.2 Å². The van der Waals surface area contributed by atoms with Crippen LogP contribution in [0.1, 0.15) is 31.1 Å². The number of pyridine rings is 1. The largest absolute Gasteiger partial charge is 0.370 e. The molecule has 124 valence electrons. The molecule has 0 atom stereocenters. The molecule has 2 aromatic rings. The van der Waals surface area contributed by atoms with Crippen molar-refractivity contribution in [2.24, 2.45) is 0 Å². The van der Waals surface area contributed by atoms with Gasteiger partial charge in [0.05, 0.1) is 5.56 Å². The Kier molecular flexibility index (Phi) is 5.63. The molecule has 2 rings (SSSR count). The van der Waals surface area contributed by atoms with Crippen molar-refractivity contribution in [1.29, 1.82) is 0 Å². The number of carbonyl (C=O) groups excluding carboxylic acids is 1. The molecule has 4 nitrogen and oxygen atoms in total. The van der Waals surface area contributed by atoms with Crippen LogP contribution in [-0.2, 0) is 0 Å². The van der Waals surface area contributed by atoms with Gasteiger partial charge in [0, 0.05) is 22.9 Å². The van der Waals surface area contributed by atoms with Gasteiger partial charge in [-0.25, -0.2) is 4.98 Å². The fourth-order valence-electron chi connectivity index (χ4n) is 2.37. The van der Waals surface area contributed by atoms with Crippen LogP contribution in [0.5, 0.6) is 0 Å². The zero-order valence-electron chi connectivity index (χ0n) is 14.0. The van der Waals surface area contributed by atoms with Crippen molar-refractivity contribution in [3.8, 4) is 12.3 Å². The van der Waals surface area contributed by atoms with Crippen molar-refractivity contribution in [2.45, 2.75) is 26.3 Å². The Labute approximate surface area is 151 Å². The van der Waals surface area contributed by atoms with Gasteiger partial charge in [-0.2, -0.15) is 0 Å². The molecule has 1 N–H and O–H groups in total. The summed E-state index contributed by atoms with van der Waals surface area (Å²) in [4.78, 5) is 19.3. The predicted octanol–water partition coefficient (Wildman–Crippen LogP) is 4.33. The summed E-state index contributed by atoms with van der Waals surface area (Å²) in [6, 6.07) is 11.2. The number of para-hydroxylation sites is 1. The lowest BCUT2D eigenvalue weighted by Gasteiger charge is -2.35. The van der Waals surface area contributed by atoms with Crippen LogP contribution < -0.4 is 10.2 Å². The van der Waals surface area contributed by atoms with Crippen LogP contribution in [-0.4, -0.2) is 23.0 Å². The third-order valence-electron chi connectivity index (χ3n) is 3.56. The quantitative estimate of drug-likeness (QED) is 0.778. The second kappa shape index (κ2) is 7.50. The number of hydrogen-bond donors (Lipinski definition) is 1. The van der Waals surface area contributed by atoms with Crippen LogP contribution in [0.2, 0.25) is 0 Å². The number of carbonyl (C=O) groups is 1. The average Bonchev–Trinajstić information content (AvgIpc) is 2.57. The number of hydrogen-bond acceptors (Lipinski definition) is 3. The molecule has 5 heteroatoms. The topological polar surface area (TPSA) is 45.2 Å². The number of terminal acetylenes is 1. The molecule has 0 aliphatic rings. The Balaban J connectivity index is 2.58. The molecule has 0 bridgehead atoms. The number of nitrogens with one attached hydrogen (secondary N) is 1. The summed E-state index contributed by atoms with van der Waals surface area (Å²) in [6.45, 7) is 6.31. The summed E-state index contributed by atoms with van der Waals surface area (Å²) in [5.41, 5.74) is 0.427. The predicted molar refractivity (Wildman–Crippen MR) is 102 cm³/mol. The van der Waals surface area contributed by atoms with Gasteiger partial charge in [0.2, 0.25) is 0 Å². The Morgan fingerprint density at radius 3 is 2.62 bits per heavy atom. The number of amides is 1. The maximum atomic E-state index is 13.3. The highest BCUT2D eigenvalue weighted by atomic mass is 79.9.